The lowest BCUT2D eigenvalue weighted by atomic mass is 10.6. The molecule has 1 rings (SSSR count). The molecule has 0 aromatic carbocycles. The lowest BCUT2D eigenvalue weighted by molar-refractivity contribution is 0.152. The van der Waals surface area contributed by atoms with Crippen LogP contribution in [0.2, 0.25) is 0 Å². The Labute approximate surface area is 48.4 Å². The van der Waals surface area contributed by atoms with Gasteiger partial charge in [-0.3, -0.25) is 0 Å². The van der Waals surface area contributed by atoms with Gasteiger partial charge in [0.1, 0.15) is 6.23 Å². The lowest BCUT2D eigenvalue weighted by Crippen LogP contribution is -1.99. The van der Waals surface area contributed by atoms with Crippen LogP contribution in [0, 0.1) is 6.92 Å². The van der Waals surface area contributed by atoms with Gasteiger partial charge in [-0.1, -0.05) is 0 Å². The third kappa shape index (κ3) is 0.898. The third-order valence-corrected chi connectivity index (χ3v) is 0.972. The fourth-order valence-electron chi connectivity index (χ4n) is 0.547. The van der Waals surface area contributed by atoms with Gasteiger partial charge in [0.2, 0.25) is 0 Å². The summed E-state index contributed by atoms with van der Waals surface area (Å²) in [6.07, 6.45) is 2.87. The Morgan fingerprint density at radius 2 is 1.88 bits per heavy atom. The molecular weight excluding hydrogens is 102 g/mol. The molecule has 0 aliphatic rings. The molecular formula is C6H8NO. The minimum absolute atomic E-state index is 0.648. The Bertz CT molecular complexity index is 144. The predicted octanol–water partition coefficient (Wildman–Crippen LogP) is 0.813. The molecule has 0 aliphatic carbocycles. The summed E-state index contributed by atoms with van der Waals surface area (Å²) in [5.74, 6) is 0. The van der Waals surface area contributed by atoms with Crippen LogP contribution in [0.3, 0.4) is 0 Å². The minimum Gasteiger partial charge on any atom is -0.373 e. The summed E-state index contributed by atoms with van der Waals surface area (Å²) in [5, 5.41) is 8.76. The molecule has 43 valence electrons. The van der Waals surface area contributed by atoms with Gasteiger partial charge in [-0.05, 0) is 19.1 Å². The van der Waals surface area contributed by atoms with Gasteiger partial charge in [-0.25, -0.2) is 0 Å². The SMILES string of the molecule is [CH2]C(O)n1cccc1. The molecule has 0 fully saturated rings. The molecule has 1 aromatic heterocycles. The van der Waals surface area contributed by atoms with E-state index >= 15 is 0 Å². The van der Waals surface area contributed by atoms with Gasteiger partial charge < -0.3 is 9.67 Å². The van der Waals surface area contributed by atoms with E-state index in [-0.39, 0.29) is 0 Å². The van der Waals surface area contributed by atoms with Crippen LogP contribution >= 0.6 is 0 Å². The first-order chi connectivity index (χ1) is 3.80. The molecule has 1 unspecified atom stereocenters. The molecule has 0 saturated carbocycles. The van der Waals surface area contributed by atoms with Gasteiger partial charge in [0, 0.05) is 12.4 Å². The van der Waals surface area contributed by atoms with Gasteiger partial charge in [0.05, 0.1) is 0 Å². The van der Waals surface area contributed by atoms with Gasteiger partial charge in [0.15, 0.2) is 0 Å². The Morgan fingerprint density at radius 3 is 2.12 bits per heavy atom. The summed E-state index contributed by atoms with van der Waals surface area (Å²) in [6.45, 7) is 3.40. The normalized spacial score (nSPS) is 13.8. The number of hydrogen-bond donors (Lipinski definition) is 1. The first kappa shape index (κ1) is 5.38. The smallest absolute Gasteiger partial charge is 0.130 e. The zero-order chi connectivity index (χ0) is 5.98. The fourth-order valence-corrected chi connectivity index (χ4v) is 0.547. The Kier molecular flexibility index (Phi) is 1.35. The van der Waals surface area contributed by atoms with Crippen molar-refractivity contribution in [2.75, 3.05) is 0 Å². The molecule has 1 aromatic rings. The highest BCUT2D eigenvalue weighted by atomic mass is 16.3. The highest BCUT2D eigenvalue weighted by molar-refractivity contribution is 4.91. The van der Waals surface area contributed by atoms with E-state index in [0.29, 0.717) is 0 Å². The zero-order valence-electron chi connectivity index (χ0n) is 4.49. The molecule has 1 N–H and O–H groups in total. The molecule has 2 nitrogen and oxygen atoms in total. The molecule has 0 amide bonds. The average Bonchev–Trinajstić information content (AvgIpc) is 2.12. The number of nitrogens with zero attached hydrogens (tertiary/aromatic N) is 1. The largest absolute Gasteiger partial charge is 0.373 e. The summed E-state index contributed by atoms with van der Waals surface area (Å²) in [4.78, 5) is 0. The quantitative estimate of drug-likeness (QED) is 0.568. The van der Waals surface area contributed by atoms with Crippen LogP contribution in [-0.2, 0) is 0 Å². The summed E-state index contributed by atoms with van der Waals surface area (Å²) in [5.41, 5.74) is 0. The van der Waals surface area contributed by atoms with E-state index in [4.69, 9.17) is 5.11 Å². The topological polar surface area (TPSA) is 25.2 Å². The Hall–Kier alpha value is -0.760. The molecule has 1 radical (unpaired) electrons. The van der Waals surface area contributed by atoms with Crippen LogP contribution in [0.4, 0.5) is 0 Å². The van der Waals surface area contributed by atoms with Crippen molar-refractivity contribution in [3.05, 3.63) is 31.5 Å². The van der Waals surface area contributed by atoms with Crippen molar-refractivity contribution in [2.24, 2.45) is 0 Å². The summed E-state index contributed by atoms with van der Waals surface area (Å²) < 4.78 is 1.61. The molecule has 0 spiro atoms. The highest BCUT2D eigenvalue weighted by Crippen LogP contribution is 1.98. The van der Waals surface area contributed by atoms with Gasteiger partial charge >= 0.3 is 0 Å². The van der Waals surface area contributed by atoms with Crippen LogP contribution in [0.5, 0.6) is 0 Å². The fraction of sp³-hybridized carbons (Fsp3) is 0.167. The van der Waals surface area contributed by atoms with Crippen molar-refractivity contribution in [3.8, 4) is 0 Å². The standard InChI is InChI=1S/C6H8NO/c1-6(8)7-4-2-3-5-7/h2-6,8H,1H2. The maximum atomic E-state index is 8.76. The monoisotopic (exact) mass is 110 g/mol. The van der Waals surface area contributed by atoms with Crippen molar-refractivity contribution < 1.29 is 5.11 Å². The Balaban J connectivity index is 2.77. The van der Waals surface area contributed by atoms with Crippen LogP contribution < -0.4 is 0 Å². The Morgan fingerprint density at radius 1 is 1.38 bits per heavy atom. The first-order valence-electron chi connectivity index (χ1n) is 2.44. The number of rotatable bonds is 1. The second kappa shape index (κ2) is 2.01. The van der Waals surface area contributed by atoms with E-state index in [0.717, 1.165) is 0 Å². The minimum atomic E-state index is -0.648. The molecule has 1 heterocycles. The second-order valence-electron chi connectivity index (χ2n) is 1.61. The highest BCUT2D eigenvalue weighted by Gasteiger charge is 1.91. The summed E-state index contributed by atoms with van der Waals surface area (Å²) >= 11 is 0. The molecule has 0 saturated heterocycles. The van der Waals surface area contributed by atoms with Crippen LogP contribution in [0.1, 0.15) is 6.23 Å². The van der Waals surface area contributed by atoms with Crippen LogP contribution in [0.25, 0.3) is 0 Å². The molecule has 8 heavy (non-hydrogen) atoms. The van der Waals surface area contributed by atoms with E-state index in [9.17, 15) is 0 Å². The molecule has 0 bridgehead atoms. The maximum absolute atomic E-state index is 8.76. The van der Waals surface area contributed by atoms with Crippen molar-refractivity contribution in [3.63, 3.8) is 0 Å². The number of aromatic nitrogens is 1. The van der Waals surface area contributed by atoms with Crippen LogP contribution in [-0.4, -0.2) is 9.67 Å². The van der Waals surface area contributed by atoms with Gasteiger partial charge in [0.25, 0.3) is 0 Å². The summed E-state index contributed by atoms with van der Waals surface area (Å²) in [7, 11) is 0. The number of hydrogen-bond acceptors (Lipinski definition) is 1. The molecule has 2 heteroatoms. The van der Waals surface area contributed by atoms with Gasteiger partial charge in [-0.2, -0.15) is 0 Å². The first-order valence-corrected chi connectivity index (χ1v) is 2.44. The number of aliphatic hydroxyl groups excluding tert-OH is 1. The molecule has 1 atom stereocenters. The van der Waals surface area contributed by atoms with E-state index in [1.165, 1.54) is 0 Å². The lowest BCUT2D eigenvalue weighted by Gasteiger charge is -2.02. The van der Waals surface area contributed by atoms with E-state index in [1.807, 2.05) is 12.1 Å². The van der Waals surface area contributed by atoms with E-state index < -0.39 is 6.23 Å². The molecule has 0 aliphatic heterocycles. The van der Waals surface area contributed by atoms with Crippen molar-refractivity contribution in [2.45, 2.75) is 6.23 Å². The van der Waals surface area contributed by atoms with E-state index in [2.05, 4.69) is 6.92 Å². The third-order valence-electron chi connectivity index (χ3n) is 0.972. The van der Waals surface area contributed by atoms with Gasteiger partial charge in [-0.15, -0.1) is 0 Å². The van der Waals surface area contributed by atoms with E-state index in [1.54, 1.807) is 17.0 Å². The van der Waals surface area contributed by atoms with Crippen molar-refractivity contribution in [1.29, 1.82) is 0 Å². The summed E-state index contributed by atoms with van der Waals surface area (Å²) in [6, 6.07) is 3.68. The average molecular weight is 110 g/mol. The van der Waals surface area contributed by atoms with Crippen molar-refractivity contribution in [1.82, 2.24) is 4.57 Å². The zero-order valence-corrected chi connectivity index (χ0v) is 4.49. The second-order valence-corrected chi connectivity index (χ2v) is 1.61. The maximum Gasteiger partial charge on any atom is 0.130 e. The predicted molar refractivity (Wildman–Crippen MR) is 31.0 cm³/mol. The number of aliphatic hydroxyl groups is 1. The van der Waals surface area contributed by atoms with Crippen LogP contribution in [0.15, 0.2) is 24.5 Å². The van der Waals surface area contributed by atoms with Crippen molar-refractivity contribution >= 4 is 0 Å².